The number of hydrogen-bond donors (Lipinski definition) is 1. The Balaban J connectivity index is 1.94. The fourth-order valence-corrected chi connectivity index (χ4v) is 3.13. The molecule has 94 valence electrons. The highest BCUT2D eigenvalue weighted by Crippen LogP contribution is 2.39. The fourth-order valence-electron chi connectivity index (χ4n) is 1.94. The van der Waals surface area contributed by atoms with Crippen molar-refractivity contribution in [1.82, 2.24) is 10.1 Å². The van der Waals surface area contributed by atoms with E-state index in [0.29, 0.717) is 5.82 Å². The van der Waals surface area contributed by atoms with E-state index in [2.05, 4.69) is 10.1 Å². The summed E-state index contributed by atoms with van der Waals surface area (Å²) >= 11 is 1.79. The van der Waals surface area contributed by atoms with E-state index in [-0.39, 0.29) is 22.5 Å². The van der Waals surface area contributed by atoms with Gasteiger partial charge in [-0.05, 0) is 36.8 Å². The van der Waals surface area contributed by atoms with Gasteiger partial charge in [0.25, 0.3) is 5.89 Å². The number of aromatic hydroxyl groups is 1. The van der Waals surface area contributed by atoms with Crippen LogP contribution in [0.5, 0.6) is 5.75 Å². The standard InChI is InChI=1S/C12H11FN2O2S/c13-7-3-4-9(16)8(6-7)12-14-11(15-17-12)10-2-1-5-18-10/h3-4,6,10,16H,1-2,5H2. The van der Waals surface area contributed by atoms with Crippen LogP contribution in [-0.4, -0.2) is 21.0 Å². The number of benzene rings is 1. The zero-order chi connectivity index (χ0) is 12.5. The van der Waals surface area contributed by atoms with Gasteiger partial charge in [-0.15, -0.1) is 0 Å². The topological polar surface area (TPSA) is 59.2 Å². The van der Waals surface area contributed by atoms with Crippen LogP contribution < -0.4 is 0 Å². The lowest BCUT2D eigenvalue weighted by Crippen LogP contribution is -1.91. The summed E-state index contributed by atoms with van der Waals surface area (Å²) in [5, 5.41) is 13.8. The number of phenols is 1. The molecule has 1 aliphatic heterocycles. The third-order valence-electron chi connectivity index (χ3n) is 2.85. The van der Waals surface area contributed by atoms with E-state index in [1.807, 2.05) is 0 Å². The van der Waals surface area contributed by atoms with Gasteiger partial charge in [0.15, 0.2) is 5.82 Å². The van der Waals surface area contributed by atoms with Gasteiger partial charge in [0.1, 0.15) is 11.6 Å². The molecular formula is C12H11FN2O2S. The summed E-state index contributed by atoms with van der Waals surface area (Å²) in [5.74, 6) is 1.37. The Bertz CT molecular complexity index is 567. The minimum atomic E-state index is -0.446. The van der Waals surface area contributed by atoms with E-state index in [1.54, 1.807) is 11.8 Å². The number of halogens is 1. The van der Waals surface area contributed by atoms with Crippen LogP contribution in [-0.2, 0) is 0 Å². The first-order valence-corrected chi connectivity index (χ1v) is 6.73. The van der Waals surface area contributed by atoms with Gasteiger partial charge < -0.3 is 9.63 Å². The van der Waals surface area contributed by atoms with Crippen molar-refractivity contribution >= 4 is 11.8 Å². The summed E-state index contributed by atoms with van der Waals surface area (Å²) in [6.07, 6.45) is 2.17. The number of phenolic OH excluding ortho intramolecular Hbond substituents is 1. The lowest BCUT2D eigenvalue weighted by Gasteiger charge is -2.00. The first-order chi connectivity index (χ1) is 8.74. The number of nitrogens with zero attached hydrogens (tertiary/aromatic N) is 2. The highest BCUT2D eigenvalue weighted by Gasteiger charge is 2.24. The zero-order valence-electron chi connectivity index (χ0n) is 9.47. The molecule has 4 nitrogen and oxygen atoms in total. The summed E-state index contributed by atoms with van der Waals surface area (Å²) in [7, 11) is 0. The van der Waals surface area contributed by atoms with Crippen molar-refractivity contribution in [3.63, 3.8) is 0 Å². The number of aromatic nitrogens is 2. The Kier molecular flexibility index (Phi) is 2.95. The van der Waals surface area contributed by atoms with E-state index in [9.17, 15) is 9.50 Å². The molecule has 2 aromatic rings. The predicted molar refractivity (Wildman–Crippen MR) is 65.8 cm³/mol. The Labute approximate surface area is 107 Å². The molecule has 0 amide bonds. The molecule has 0 radical (unpaired) electrons. The minimum Gasteiger partial charge on any atom is -0.507 e. The highest BCUT2D eigenvalue weighted by atomic mass is 32.2. The molecule has 1 unspecified atom stereocenters. The maximum Gasteiger partial charge on any atom is 0.261 e. The van der Waals surface area contributed by atoms with Crippen molar-refractivity contribution in [2.24, 2.45) is 0 Å². The molecule has 0 bridgehead atoms. The molecule has 1 N–H and O–H groups in total. The predicted octanol–water partition coefficient (Wildman–Crippen LogP) is 3.15. The van der Waals surface area contributed by atoms with Gasteiger partial charge in [-0.1, -0.05) is 5.16 Å². The van der Waals surface area contributed by atoms with Crippen molar-refractivity contribution in [3.05, 3.63) is 29.8 Å². The molecule has 1 aliphatic rings. The van der Waals surface area contributed by atoms with Crippen LogP contribution in [0.25, 0.3) is 11.5 Å². The maximum atomic E-state index is 13.1. The largest absolute Gasteiger partial charge is 0.507 e. The van der Waals surface area contributed by atoms with Gasteiger partial charge >= 0.3 is 0 Å². The second-order valence-electron chi connectivity index (χ2n) is 4.12. The second-order valence-corrected chi connectivity index (χ2v) is 5.43. The molecule has 1 aromatic heterocycles. The van der Waals surface area contributed by atoms with Crippen molar-refractivity contribution in [2.75, 3.05) is 5.75 Å². The molecular weight excluding hydrogens is 255 g/mol. The van der Waals surface area contributed by atoms with Crippen LogP contribution >= 0.6 is 11.8 Å². The van der Waals surface area contributed by atoms with Gasteiger partial charge in [0.2, 0.25) is 0 Å². The van der Waals surface area contributed by atoms with E-state index >= 15 is 0 Å². The molecule has 0 aliphatic carbocycles. The van der Waals surface area contributed by atoms with Gasteiger partial charge in [-0.25, -0.2) is 4.39 Å². The van der Waals surface area contributed by atoms with E-state index in [4.69, 9.17) is 4.52 Å². The summed E-state index contributed by atoms with van der Waals surface area (Å²) in [5.41, 5.74) is 0.233. The average Bonchev–Trinajstić information content (AvgIpc) is 3.00. The summed E-state index contributed by atoms with van der Waals surface area (Å²) in [4.78, 5) is 4.24. The molecule has 1 saturated heterocycles. The SMILES string of the molecule is Oc1ccc(F)cc1-c1nc(C2CCCS2)no1. The second kappa shape index (κ2) is 4.61. The van der Waals surface area contributed by atoms with Crippen LogP contribution in [0.4, 0.5) is 4.39 Å². The Morgan fingerprint density at radius 2 is 2.33 bits per heavy atom. The quantitative estimate of drug-likeness (QED) is 0.904. The minimum absolute atomic E-state index is 0.0642. The Hall–Kier alpha value is -1.56. The molecule has 6 heteroatoms. The molecule has 1 fully saturated rings. The third-order valence-corrected chi connectivity index (χ3v) is 4.22. The monoisotopic (exact) mass is 266 g/mol. The summed E-state index contributed by atoms with van der Waals surface area (Å²) in [6, 6.07) is 3.65. The lowest BCUT2D eigenvalue weighted by molar-refractivity contribution is 0.416. The third kappa shape index (κ3) is 2.08. The van der Waals surface area contributed by atoms with Crippen LogP contribution in [0, 0.1) is 5.82 Å². The molecule has 0 saturated carbocycles. The van der Waals surface area contributed by atoms with Crippen molar-refractivity contribution < 1.29 is 14.0 Å². The Morgan fingerprint density at radius 1 is 1.44 bits per heavy atom. The highest BCUT2D eigenvalue weighted by molar-refractivity contribution is 7.99. The van der Waals surface area contributed by atoms with E-state index < -0.39 is 5.82 Å². The van der Waals surface area contributed by atoms with Gasteiger partial charge in [0.05, 0.1) is 10.8 Å². The molecule has 2 heterocycles. The maximum absolute atomic E-state index is 13.1. The number of hydrogen-bond acceptors (Lipinski definition) is 5. The molecule has 1 aromatic carbocycles. The number of rotatable bonds is 2. The molecule has 18 heavy (non-hydrogen) atoms. The van der Waals surface area contributed by atoms with Crippen LogP contribution in [0.2, 0.25) is 0 Å². The van der Waals surface area contributed by atoms with Crippen LogP contribution in [0.3, 0.4) is 0 Å². The molecule has 3 rings (SSSR count). The molecule has 1 atom stereocenters. The van der Waals surface area contributed by atoms with Crippen molar-refractivity contribution in [1.29, 1.82) is 0 Å². The fraction of sp³-hybridized carbons (Fsp3) is 0.333. The van der Waals surface area contributed by atoms with E-state index in [0.717, 1.165) is 18.6 Å². The smallest absolute Gasteiger partial charge is 0.261 e. The summed E-state index contributed by atoms with van der Waals surface area (Å²) in [6.45, 7) is 0. The van der Waals surface area contributed by atoms with E-state index in [1.165, 1.54) is 18.2 Å². The van der Waals surface area contributed by atoms with Gasteiger partial charge in [-0.2, -0.15) is 16.7 Å². The Morgan fingerprint density at radius 3 is 3.11 bits per heavy atom. The average molecular weight is 266 g/mol. The molecule has 0 spiro atoms. The van der Waals surface area contributed by atoms with Crippen LogP contribution in [0.1, 0.15) is 23.9 Å². The number of thioether (sulfide) groups is 1. The zero-order valence-corrected chi connectivity index (χ0v) is 10.3. The normalized spacial score (nSPS) is 19.3. The van der Waals surface area contributed by atoms with Crippen molar-refractivity contribution in [2.45, 2.75) is 18.1 Å². The van der Waals surface area contributed by atoms with Gasteiger partial charge in [0, 0.05) is 0 Å². The lowest BCUT2D eigenvalue weighted by atomic mass is 10.2. The van der Waals surface area contributed by atoms with Gasteiger partial charge in [-0.3, -0.25) is 0 Å². The summed E-state index contributed by atoms with van der Waals surface area (Å²) < 4.78 is 18.2. The first kappa shape index (κ1) is 11.5. The first-order valence-electron chi connectivity index (χ1n) is 5.68. The van der Waals surface area contributed by atoms with Crippen LogP contribution in [0.15, 0.2) is 22.7 Å². The van der Waals surface area contributed by atoms with Crippen molar-refractivity contribution in [3.8, 4) is 17.2 Å².